The minimum Gasteiger partial charge on any atom is -0.478 e. The normalized spacial score (nSPS) is 19.5. The van der Waals surface area contributed by atoms with Crippen molar-refractivity contribution in [3.05, 3.63) is 29.3 Å². The first-order chi connectivity index (χ1) is 10.0. The first-order valence-corrected chi connectivity index (χ1v) is 6.81. The molecule has 0 spiro atoms. The van der Waals surface area contributed by atoms with Gasteiger partial charge >= 0.3 is 5.97 Å². The lowest BCUT2D eigenvalue weighted by atomic mass is 10.1. The summed E-state index contributed by atoms with van der Waals surface area (Å²) >= 11 is 0. The number of carboxylic acid groups (broad SMARTS) is 1. The zero-order valence-corrected chi connectivity index (χ0v) is 11.7. The third-order valence-corrected chi connectivity index (χ3v) is 3.47. The zero-order valence-electron chi connectivity index (χ0n) is 11.7. The summed E-state index contributed by atoms with van der Waals surface area (Å²) in [5, 5.41) is 11.4. The Kier molecular flexibility index (Phi) is 5.08. The maximum Gasteiger partial charge on any atom is 0.335 e. The van der Waals surface area contributed by atoms with Gasteiger partial charge in [-0.25, -0.2) is 13.6 Å². The van der Waals surface area contributed by atoms with Crippen LogP contribution < -0.4 is 5.32 Å². The number of hydrogen-bond acceptors (Lipinski definition) is 4. The molecule has 21 heavy (non-hydrogen) atoms. The van der Waals surface area contributed by atoms with Crippen molar-refractivity contribution in [3.63, 3.8) is 0 Å². The fraction of sp³-hybridized carbons (Fsp3) is 0.500. The first-order valence-electron chi connectivity index (χ1n) is 6.81. The van der Waals surface area contributed by atoms with Gasteiger partial charge in [-0.1, -0.05) is 6.92 Å². The van der Waals surface area contributed by atoms with Crippen LogP contribution in [0.25, 0.3) is 0 Å². The largest absolute Gasteiger partial charge is 0.478 e. The van der Waals surface area contributed by atoms with E-state index in [4.69, 9.17) is 9.84 Å². The van der Waals surface area contributed by atoms with E-state index in [1.807, 2.05) is 6.92 Å². The third-order valence-electron chi connectivity index (χ3n) is 3.47. The van der Waals surface area contributed by atoms with Gasteiger partial charge in [0.15, 0.2) is 0 Å². The molecule has 1 aromatic rings. The standard InChI is InChI=1S/C14H18F2N2O3/c1-2-18-3-4-21-10(8-18)7-17-13-11(15)5-9(14(19)20)6-12(13)16/h5-6,10,17H,2-4,7-8H2,1H3,(H,19,20). The second kappa shape index (κ2) is 6.82. The van der Waals surface area contributed by atoms with Gasteiger partial charge in [0.05, 0.1) is 18.3 Å². The average Bonchev–Trinajstić information content (AvgIpc) is 2.46. The van der Waals surface area contributed by atoms with Crippen molar-refractivity contribution >= 4 is 11.7 Å². The minimum absolute atomic E-state index is 0.156. The quantitative estimate of drug-likeness (QED) is 0.868. The molecular formula is C14H18F2N2O3. The highest BCUT2D eigenvalue weighted by Gasteiger charge is 2.21. The average molecular weight is 300 g/mol. The van der Waals surface area contributed by atoms with Gasteiger partial charge in [-0.15, -0.1) is 0 Å². The molecule has 0 bridgehead atoms. The summed E-state index contributed by atoms with van der Waals surface area (Å²) in [7, 11) is 0. The van der Waals surface area contributed by atoms with Crippen LogP contribution in [0.15, 0.2) is 12.1 Å². The SMILES string of the molecule is CCN1CCOC(CNc2c(F)cc(C(=O)O)cc2F)C1. The fourth-order valence-corrected chi connectivity index (χ4v) is 2.27. The van der Waals surface area contributed by atoms with E-state index in [1.165, 1.54) is 0 Å². The van der Waals surface area contributed by atoms with Gasteiger partial charge in [-0.3, -0.25) is 4.90 Å². The number of likely N-dealkylation sites (N-methyl/N-ethyl adjacent to an activating group) is 1. The Morgan fingerprint density at radius 2 is 2.14 bits per heavy atom. The van der Waals surface area contributed by atoms with Crippen LogP contribution in [-0.4, -0.2) is 54.9 Å². The van der Waals surface area contributed by atoms with E-state index in [0.29, 0.717) is 13.2 Å². The molecule has 7 heteroatoms. The molecule has 0 saturated carbocycles. The molecule has 1 heterocycles. The monoisotopic (exact) mass is 300 g/mol. The van der Waals surface area contributed by atoms with Gasteiger partial charge in [0.1, 0.15) is 17.3 Å². The Bertz CT molecular complexity index is 502. The summed E-state index contributed by atoms with van der Waals surface area (Å²) in [6, 6.07) is 1.60. The van der Waals surface area contributed by atoms with Gasteiger partial charge in [-0.2, -0.15) is 0 Å². The molecule has 2 N–H and O–H groups in total. The molecule has 0 amide bonds. The van der Waals surface area contributed by atoms with E-state index in [-0.39, 0.29) is 18.3 Å². The summed E-state index contributed by atoms with van der Waals surface area (Å²) in [6.45, 7) is 5.33. The Morgan fingerprint density at radius 3 is 2.71 bits per heavy atom. The predicted molar refractivity (Wildman–Crippen MR) is 73.7 cm³/mol. The minimum atomic E-state index is -1.37. The van der Waals surface area contributed by atoms with E-state index in [2.05, 4.69) is 10.2 Å². The van der Waals surface area contributed by atoms with Crippen molar-refractivity contribution in [2.75, 3.05) is 38.1 Å². The van der Waals surface area contributed by atoms with Crippen LogP contribution in [0, 0.1) is 11.6 Å². The molecule has 0 radical (unpaired) electrons. The number of carboxylic acids is 1. The van der Waals surface area contributed by atoms with Crippen molar-refractivity contribution in [1.82, 2.24) is 4.90 Å². The Morgan fingerprint density at radius 1 is 1.48 bits per heavy atom. The number of halogens is 2. The number of nitrogens with zero attached hydrogens (tertiary/aromatic N) is 1. The zero-order chi connectivity index (χ0) is 15.4. The summed E-state index contributed by atoms with van der Waals surface area (Å²) in [6.07, 6.45) is -0.156. The second-order valence-corrected chi connectivity index (χ2v) is 4.89. The molecule has 1 unspecified atom stereocenters. The number of anilines is 1. The van der Waals surface area contributed by atoms with E-state index in [9.17, 15) is 13.6 Å². The smallest absolute Gasteiger partial charge is 0.335 e. The molecule has 2 rings (SSSR count). The van der Waals surface area contributed by atoms with Crippen LogP contribution in [0.5, 0.6) is 0 Å². The molecule has 1 aliphatic heterocycles. The first kappa shape index (κ1) is 15.7. The third kappa shape index (κ3) is 3.89. The van der Waals surface area contributed by atoms with Crippen LogP contribution in [0.1, 0.15) is 17.3 Å². The van der Waals surface area contributed by atoms with Crippen molar-refractivity contribution in [1.29, 1.82) is 0 Å². The van der Waals surface area contributed by atoms with E-state index >= 15 is 0 Å². The Hall–Kier alpha value is -1.73. The lowest BCUT2D eigenvalue weighted by Crippen LogP contribution is -2.45. The van der Waals surface area contributed by atoms with Crippen LogP contribution in [-0.2, 0) is 4.74 Å². The number of aromatic carboxylic acids is 1. The fourth-order valence-electron chi connectivity index (χ4n) is 2.27. The summed E-state index contributed by atoms with van der Waals surface area (Å²) in [5.74, 6) is -3.21. The molecule has 0 aromatic heterocycles. The number of benzene rings is 1. The number of morpholine rings is 1. The summed E-state index contributed by atoms with van der Waals surface area (Å²) in [5.41, 5.74) is -0.737. The highest BCUT2D eigenvalue weighted by molar-refractivity contribution is 5.88. The summed E-state index contributed by atoms with van der Waals surface area (Å²) in [4.78, 5) is 12.9. The van der Waals surface area contributed by atoms with Gasteiger partial charge in [0, 0.05) is 19.6 Å². The maximum absolute atomic E-state index is 13.8. The van der Waals surface area contributed by atoms with Crippen molar-refractivity contribution in [2.45, 2.75) is 13.0 Å². The number of carbonyl (C=O) groups is 1. The number of nitrogens with one attached hydrogen (secondary N) is 1. The van der Waals surface area contributed by atoms with Crippen LogP contribution in [0.2, 0.25) is 0 Å². The number of ether oxygens (including phenoxy) is 1. The number of hydrogen-bond donors (Lipinski definition) is 2. The van der Waals surface area contributed by atoms with Crippen LogP contribution >= 0.6 is 0 Å². The molecule has 1 atom stereocenters. The van der Waals surface area contributed by atoms with Gasteiger partial charge in [0.25, 0.3) is 0 Å². The Balaban J connectivity index is 2.01. The Labute approximate surface area is 121 Å². The highest BCUT2D eigenvalue weighted by Crippen LogP contribution is 2.21. The molecular weight excluding hydrogens is 282 g/mol. The number of rotatable bonds is 5. The maximum atomic E-state index is 13.8. The lowest BCUT2D eigenvalue weighted by molar-refractivity contribution is -0.0192. The lowest BCUT2D eigenvalue weighted by Gasteiger charge is -2.32. The van der Waals surface area contributed by atoms with Crippen molar-refractivity contribution < 1.29 is 23.4 Å². The molecule has 1 fully saturated rings. The van der Waals surface area contributed by atoms with Gasteiger partial charge in [0.2, 0.25) is 0 Å². The topological polar surface area (TPSA) is 61.8 Å². The van der Waals surface area contributed by atoms with Crippen LogP contribution in [0.4, 0.5) is 14.5 Å². The van der Waals surface area contributed by atoms with E-state index < -0.39 is 23.2 Å². The molecule has 1 saturated heterocycles. The van der Waals surface area contributed by atoms with Crippen molar-refractivity contribution in [3.8, 4) is 0 Å². The second-order valence-electron chi connectivity index (χ2n) is 4.89. The summed E-state index contributed by atoms with van der Waals surface area (Å²) < 4.78 is 33.0. The highest BCUT2D eigenvalue weighted by atomic mass is 19.1. The molecule has 5 nitrogen and oxygen atoms in total. The predicted octanol–water partition coefficient (Wildman–Crippen LogP) is 1.80. The van der Waals surface area contributed by atoms with E-state index in [1.54, 1.807) is 0 Å². The molecule has 1 aromatic carbocycles. The van der Waals surface area contributed by atoms with E-state index in [0.717, 1.165) is 25.2 Å². The van der Waals surface area contributed by atoms with Gasteiger partial charge < -0.3 is 15.2 Å². The molecule has 0 aliphatic carbocycles. The molecule has 116 valence electrons. The van der Waals surface area contributed by atoms with Crippen molar-refractivity contribution in [2.24, 2.45) is 0 Å². The molecule has 1 aliphatic rings. The van der Waals surface area contributed by atoms with Gasteiger partial charge in [-0.05, 0) is 18.7 Å². The van der Waals surface area contributed by atoms with Crippen LogP contribution in [0.3, 0.4) is 0 Å².